The molecule has 1 fully saturated rings. The Morgan fingerprint density at radius 3 is 2.56 bits per heavy atom. The van der Waals surface area contributed by atoms with Crippen molar-refractivity contribution in [1.29, 1.82) is 0 Å². The number of nitrogens with two attached hydrogens (primary N) is 1. The van der Waals surface area contributed by atoms with Gasteiger partial charge in [0.2, 0.25) is 11.9 Å². The fourth-order valence-corrected chi connectivity index (χ4v) is 4.44. The molecule has 1 aromatic carbocycles. The van der Waals surface area contributed by atoms with Gasteiger partial charge >= 0.3 is 0 Å². The zero-order valence-corrected chi connectivity index (χ0v) is 19.7. The first-order valence-electron chi connectivity index (χ1n) is 11.9. The SMILES string of the molecule is CCN(CC)CCCNc1nc(NCC2CCC(C(N)=O)CC2)nc2c(OC)cccc12. The van der Waals surface area contributed by atoms with E-state index in [2.05, 4.69) is 29.4 Å². The number of para-hydroxylation sites is 1. The van der Waals surface area contributed by atoms with E-state index < -0.39 is 0 Å². The second-order valence-corrected chi connectivity index (χ2v) is 8.56. The van der Waals surface area contributed by atoms with Crippen LogP contribution in [-0.4, -0.2) is 60.6 Å². The van der Waals surface area contributed by atoms with E-state index in [1.165, 1.54) is 0 Å². The van der Waals surface area contributed by atoms with Crippen LogP contribution in [0.5, 0.6) is 5.75 Å². The highest BCUT2D eigenvalue weighted by Crippen LogP contribution is 2.31. The van der Waals surface area contributed by atoms with Crippen LogP contribution < -0.4 is 21.1 Å². The molecule has 3 rings (SSSR count). The van der Waals surface area contributed by atoms with Crippen molar-refractivity contribution in [2.75, 3.05) is 50.5 Å². The molecule has 176 valence electrons. The average molecular weight is 443 g/mol. The minimum atomic E-state index is -0.168. The molecule has 8 heteroatoms. The maximum absolute atomic E-state index is 11.4. The summed E-state index contributed by atoms with van der Waals surface area (Å²) >= 11 is 0. The standard InChI is InChI=1S/C24H38N6O2/c1-4-30(5-2)15-7-14-26-23-19-8-6-9-20(32-3)21(19)28-24(29-23)27-16-17-10-12-18(13-11-17)22(25)31/h6,8-9,17-18H,4-5,7,10-16H2,1-3H3,(H2,25,31)(H2,26,27,28,29). The van der Waals surface area contributed by atoms with Crippen LogP contribution in [0.25, 0.3) is 10.9 Å². The van der Waals surface area contributed by atoms with Crippen LogP contribution in [0, 0.1) is 11.8 Å². The number of fused-ring (bicyclic) bond motifs is 1. The number of nitrogens with zero attached hydrogens (tertiary/aromatic N) is 3. The van der Waals surface area contributed by atoms with Crippen molar-refractivity contribution in [3.63, 3.8) is 0 Å². The number of nitrogens with one attached hydrogen (secondary N) is 2. The summed E-state index contributed by atoms with van der Waals surface area (Å²) in [4.78, 5) is 23.4. The smallest absolute Gasteiger partial charge is 0.225 e. The van der Waals surface area contributed by atoms with E-state index in [-0.39, 0.29) is 11.8 Å². The van der Waals surface area contributed by atoms with E-state index in [0.29, 0.717) is 11.9 Å². The van der Waals surface area contributed by atoms with Crippen molar-refractivity contribution in [2.45, 2.75) is 46.0 Å². The highest BCUT2D eigenvalue weighted by atomic mass is 16.5. The Morgan fingerprint density at radius 1 is 1.16 bits per heavy atom. The van der Waals surface area contributed by atoms with Gasteiger partial charge in [-0.05, 0) is 69.8 Å². The molecule has 0 unspecified atom stereocenters. The summed E-state index contributed by atoms with van der Waals surface area (Å²) in [6.45, 7) is 9.22. The number of methoxy groups -OCH3 is 1. The lowest BCUT2D eigenvalue weighted by Gasteiger charge is -2.26. The Kier molecular flexibility index (Phi) is 8.90. The van der Waals surface area contributed by atoms with Crippen molar-refractivity contribution >= 4 is 28.6 Å². The molecule has 1 saturated carbocycles. The van der Waals surface area contributed by atoms with E-state index in [0.717, 1.165) is 87.3 Å². The molecule has 0 aliphatic heterocycles. The maximum Gasteiger partial charge on any atom is 0.225 e. The number of amides is 1. The molecule has 1 heterocycles. The van der Waals surface area contributed by atoms with Gasteiger partial charge < -0.3 is 26.0 Å². The van der Waals surface area contributed by atoms with Crippen LogP contribution in [0.4, 0.5) is 11.8 Å². The van der Waals surface area contributed by atoms with Crippen molar-refractivity contribution < 1.29 is 9.53 Å². The third-order valence-electron chi connectivity index (χ3n) is 6.55. The molecule has 0 spiro atoms. The minimum Gasteiger partial charge on any atom is -0.494 e. The number of ether oxygens (including phenoxy) is 1. The third kappa shape index (κ3) is 6.22. The molecule has 4 N–H and O–H groups in total. The molecule has 1 aromatic heterocycles. The molecule has 0 atom stereocenters. The molecule has 1 amide bonds. The Labute approximate surface area is 191 Å². The lowest BCUT2D eigenvalue weighted by atomic mass is 9.82. The van der Waals surface area contributed by atoms with E-state index in [9.17, 15) is 4.79 Å². The topological polar surface area (TPSA) is 105 Å². The summed E-state index contributed by atoms with van der Waals surface area (Å²) in [5, 5.41) is 7.90. The summed E-state index contributed by atoms with van der Waals surface area (Å²) in [5.41, 5.74) is 6.26. The van der Waals surface area contributed by atoms with Gasteiger partial charge in [-0.3, -0.25) is 4.79 Å². The highest BCUT2D eigenvalue weighted by Gasteiger charge is 2.24. The summed E-state index contributed by atoms with van der Waals surface area (Å²) in [5.74, 6) is 2.52. The molecule has 0 radical (unpaired) electrons. The van der Waals surface area contributed by atoms with Crippen molar-refractivity contribution in [3.05, 3.63) is 18.2 Å². The lowest BCUT2D eigenvalue weighted by molar-refractivity contribution is -0.122. The molecular formula is C24H38N6O2. The van der Waals surface area contributed by atoms with Crippen LogP contribution in [0.2, 0.25) is 0 Å². The van der Waals surface area contributed by atoms with Crippen LogP contribution in [0.3, 0.4) is 0 Å². The molecule has 0 saturated heterocycles. The first-order valence-corrected chi connectivity index (χ1v) is 11.9. The number of anilines is 2. The zero-order valence-electron chi connectivity index (χ0n) is 19.7. The number of hydrogen-bond acceptors (Lipinski definition) is 7. The number of primary amides is 1. The number of hydrogen-bond donors (Lipinski definition) is 3. The summed E-state index contributed by atoms with van der Waals surface area (Å²) in [6, 6.07) is 5.92. The second kappa shape index (κ2) is 11.9. The Morgan fingerprint density at radius 2 is 1.91 bits per heavy atom. The molecule has 2 aromatic rings. The van der Waals surface area contributed by atoms with Crippen LogP contribution in [0.15, 0.2) is 18.2 Å². The van der Waals surface area contributed by atoms with Gasteiger partial charge in [-0.25, -0.2) is 4.98 Å². The second-order valence-electron chi connectivity index (χ2n) is 8.56. The minimum absolute atomic E-state index is 0.0274. The van der Waals surface area contributed by atoms with Gasteiger partial charge in [0.15, 0.2) is 0 Å². The van der Waals surface area contributed by atoms with E-state index in [4.69, 9.17) is 20.4 Å². The highest BCUT2D eigenvalue weighted by molar-refractivity contribution is 5.94. The number of benzene rings is 1. The van der Waals surface area contributed by atoms with Gasteiger partial charge in [-0.15, -0.1) is 0 Å². The van der Waals surface area contributed by atoms with Crippen molar-refractivity contribution in [3.8, 4) is 5.75 Å². The Bertz CT molecular complexity index is 878. The predicted octanol–water partition coefficient (Wildman–Crippen LogP) is 3.49. The zero-order chi connectivity index (χ0) is 22.9. The van der Waals surface area contributed by atoms with Gasteiger partial charge in [0.25, 0.3) is 0 Å². The average Bonchev–Trinajstić information content (AvgIpc) is 2.82. The summed E-state index contributed by atoms with van der Waals surface area (Å²) < 4.78 is 5.56. The quantitative estimate of drug-likeness (QED) is 0.432. The molecule has 0 bridgehead atoms. The molecule has 1 aliphatic rings. The van der Waals surface area contributed by atoms with Crippen LogP contribution in [0.1, 0.15) is 46.0 Å². The van der Waals surface area contributed by atoms with Gasteiger partial charge in [0.05, 0.1) is 7.11 Å². The molecule has 32 heavy (non-hydrogen) atoms. The Hall–Kier alpha value is -2.61. The molecular weight excluding hydrogens is 404 g/mol. The number of rotatable bonds is 12. The first-order chi connectivity index (χ1) is 15.5. The number of aromatic nitrogens is 2. The third-order valence-corrected chi connectivity index (χ3v) is 6.55. The van der Waals surface area contributed by atoms with E-state index >= 15 is 0 Å². The molecule has 8 nitrogen and oxygen atoms in total. The van der Waals surface area contributed by atoms with E-state index in [1.807, 2.05) is 18.2 Å². The maximum atomic E-state index is 11.4. The molecule has 1 aliphatic carbocycles. The van der Waals surface area contributed by atoms with Crippen LogP contribution in [-0.2, 0) is 4.79 Å². The Balaban J connectivity index is 1.68. The first kappa shape index (κ1) is 24.0. The van der Waals surface area contributed by atoms with Gasteiger partial charge in [-0.2, -0.15) is 4.98 Å². The largest absolute Gasteiger partial charge is 0.494 e. The fourth-order valence-electron chi connectivity index (χ4n) is 4.44. The fraction of sp³-hybridized carbons (Fsp3) is 0.625. The van der Waals surface area contributed by atoms with Gasteiger partial charge in [-0.1, -0.05) is 19.9 Å². The van der Waals surface area contributed by atoms with Crippen molar-refractivity contribution in [1.82, 2.24) is 14.9 Å². The number of carbonyl (C=O) groups excluding carboxylic acids is 1. The van der Waals surface area contributed by atoms with Gasteiger partial charge in [0, 0.05) is 24.4 Å². The normalized spacial score (nSPS) is 18.6. The van der Waals surface area contributed by atoms with E-state index in [1.54, 1.807) is 7.11 Å². The lowest BCUT2D eigenvalue weighted by Crippen LogP contribution is -2.29. The van der Waals surface area contributed by atoms with Gasteiger partial charge in [0.1, 0.15) is 17.1 Å². The van der Waals surface area contributed by atoms with Crippen LogP contribution >= 0.6 is 0 Å². The van der Waals surface area contributed by atoms with Crippen molar-refractivity contribution in [2.24, 2.45) is 17.6 Å². The predicted molar refractivity (Wildman–Crippen MR) is 130 cm³/mol. The summed E-state index contributed by atoms with van der Waals surface area (Å²) in [7, 11) is 1.67. The number of carbonyl (C=O) groups is 1. The summed E-state index contributed by atoms with van der Waals surface area (Å²) in [6.07, 6.45) is 4.77. The monoisotopic (exact) mass is 442 g/mol.